The van der Waals surface area contributed by atoms with Crippen LogP contribution in [0, 0.1) is 0 Å². The number of nitrogens with zero attached hydrogens (tertiary/aromatic N) is 3. The lowest BCUT2D eigenvalue weighted by atomic mass is 9.95. The molecular weight excluding hydrogens is 414 g/mol. The summed E-state index contributed by atoms with van der Waals surface area (Å²) in [7, 11) is 0. The summed E-state index contributed by atoms with van der Waals surface area (Å²) in [5.41, 5.74) is 6.33. The van der Waals surface area contributed by atoms with Gasteiger partial charge in [0, 0.05) is 16.5 Å². The fraction of sp³-hybridized carbons (Fsp3) is 0.129. The predicted octanol–water partition coefficient (Wildman–Crippen LogP) is 7.84. The van der Waals surface area contributed by atoms with Crippen molar-refractivity contribution in [1.29, 1.82) is 0 Å². The molecule has 0 amide bonds. The van der Waals surface area contributed by atoms with Gasteiger partial charge in [0.2, 0.25) is 0 Å². The van der Waals surface area contributed by atoms with Gasteiger partial charge < -0.3 is 0 Å². The van der Waals surface area contributed by atoms with E-state index >= 15 is 0 Å². The van der Waals surface area contributed by atoms with Crippen molar-refractivity contribution in [2.75, 3.05) is 0 Å². The van der Waals surface area contributed by atoms with E-state index in [2.05, 4.69) is 112 Å². The van der Waals surface area contributed by atoms with Gasteiger partial charge in [-0.1, -0.05) is 124 Å². The van der Waals surface area contributed by atoms with Crippen molar-refractivity contribution < 1.29 is 0 Å². The zero-order valence-corrected chi connectivity index (χ0v) is 19.7. The molecule has 0 unspecified atom stereocenters. The zero-order valence-electron chi connectivity index (χ0n) is 19.7. The van der Waals surface area contributed by atoms with Crippen LogP contribution in [0.1, 0.15) is 26.6 Å². The standard InChI is InChI=1S/C31H27N3/c1-31(2,3)30-33-28(25-18-12-17-24(21-25)22-13-6-4-7-14-22)32-29(34-30)27-20-11-10-19-26(27)23-15-8-5-9-16-23/h4-21H,1-3H3. The summed E-state index contributed by atoms with van der Waals surface area (Å²) in [6, 6.07) is 37.5. The van der Waals surface area contributed by atoms with Crippen LogP contribution in [0.5, 0.6) is 0 Å². The summed E-state index contributed by atoms with van der Waals surface area (Å²) in [6.07, 6.45) is 0. The Morgan fingerprint density at radius 2 is 0.971 bits per heavy atom. The molecule has 0 atom stereocenters. The largest absolute Gasteiger partial charge is 0.212 e. The van der Waals surface area contributed by atoms with Gasteiger partial charge in [0.1, 0.15) is 5.82 Å². The average Bonchev–Trinajstić information content (AvgIpc) is 2.89. The zero-order chi connectivity index (χ0) is 23.5. The number of hydrogen-bond donors (Lipinski definition) is 0. The SMILES string of the molecule is CC(C)(C)c1nc(-c2cccc(-c3ccccc3)c2)nc(-c2ccccc2-c2ccccc2)n1. The Morgan fingerprint density at radius 1 is 0.441 bits per heavy atom. The summed E-state index contributed by atoms with van der Waals surface area (Å²) in [5, 5.41) is 0. The van der Waals surface area contributed by atoms with E-state index in [4.69, 9.17) is 15.0 Å². The van der Waals surface area contributed by atoms with Crippen LogP contribution in [0.4, 0.5) is 0 Å². The van der Waals surface area contributed by atoms with E-state index in [-0.39, 0.29) is 5.41 Å². The third-order valence-corrected chi connectivity index (χ3v) is 5.79. The lowest BCUT2D eigenvalue weighted by molar-refractivity contribution is 0.543. The molecule has 3 heteroatoms. The molecule has 166 valence electrons. The molecule has 0 saturated heterocycles. The third-order valence-electron chi connectivity index (χ3n) is 5.79. The summed E-state index contributed by atoms with van der Waals surface area (Å²) < 4.78 is 0. The first kappa shape index (κ1) is 21.7. The maximum atomic E-state index is 4.99. The fourth-order valence-corrected chi connectivity index (χ4v) is 3.98. The predicted molar refractivity (Wildman–Crippen MR) is 140 cm³/mol. The number of aromatic nitrogens is 3. The molecule has 0 aliphatic rings. The molecule has 1 heterocycles. The fourth-order valence-electron chi connectivity index (χ4n) is 3.98. The molecule has 3 nitrogen and oxygen atoms in total. The van der Waals surface area contributed by atoms with Gasteiger partial charge in [-0.2, -0.15) is 0 Å². The highest BCUT2D eigenvalue weighted by atomic mass is 15.0. The molecule has 0 radical (unpaired) electrons. The van der Waals surface area contributed by atoms with Crippen molar-refractivity contribution in [3.63, 3.8) is 0 Å². The average molecular weight is 442 g/mol. The summed E-state index contributed by atoms with van der Waals surface area (Å²) in [4.78, 5) is 14.8. The van der Waals surface area contributed by atoms with Crippen LogP contribution < -0.4 is 0 Å². The molecule has 5 rings (SSSR count). The molecule has 4 aromatic carbocycles. The van der Waals surface area contributed by atoms with Gasteiger partial charge in [-0.15, -0.1) is 0 Å². The molecule has 0 spiro atoms. The minimum atomic E-state index is -0.217. The van der Waals surface area contributed by atoms with Gasteiger partial charge in [-0.3, -0.25) is 0 Å². The van der Waals surface area contributed by atoms with Crippen LogP contribution in [0.25, 0.3) is 45.0 Å². The van der Waals surface area contributed by atoms with E-state index in [1.165, 1.54) is 5.56 Å². The smallest absolute Gasteiger partial charge is 0.164 e. The Morgan fingerprint density at radius 3 is 1.65 bits per heavy atom. The first-order valence-electron chi connectivity index (χ1n) is 11.6. The Hall–Kier alpha value is -4.11. The Labute approximate surface area is 201 Å². The number of rotatable bonds is 4. The van der Waals surface area contributed by atoms with Gasteiger partial charge in [-0.05, 0) is 28.3 Å². The van der Waals surface area contributed by atoms with E-state index in [0.29, 0.717) is 11.6 Å². The highest BCUT2D eigenvalue weighted by Gasteiger charge is 2.22. The van der Waals surface area contributed by atoms with Gasteiger partial charge in [-0.25, -0.2) is 15.0 Å². The second-order valence-electron chi connectivity index (χ2n) is 9.41. The van der Waals surface area contributed by atoms with Crippen LogP contribution in [0.15, 0.2) is 109 Å². The molecule has 1 aromatic heterocycles. The first-order chi connectivity index (χ1) is 16.5. The van der Waals surface area contributed by atoms with E-state index in [0.717, 1.165) is 33.6 Å². The highest BCUT2D eigenvalue weighted by molar-refractivity contribution is 5.81. The van der Waals surface area contributed by atoms with Crippen LogP contribution in [-0.4, -0.2) is 15.0 Å². The molecular formula is C31H27N3. The molecule has 0 N–H and O–H groups in total. The van der Waals surface area contributed by atoms with Gasteiger partial charge in [0.15, 0.2) is 11.6 Å². The summed E-state index contributed by atoms with van der Waals surface area (Å²) in [5.74, 6) is 2.16. The Bertz CT molecular complexity index is 1420. The quantitative estimate of drug-likeness (QED) is 0.285. The second kappa shape index (κ2) is 9.03. The van der Waals surface area contributed by atoms with Gasteiger partial charge in [0.05, 0.1) is 0 Å². The van der Waals surface area contributed by atoms with Crippen molar-refractivity contribution in [1.82, 2.24) is 15.0 Å². The lowest BCUT2D eigenvalue weighted by Gasteiger charge is -2.19. The van der Waals surface area contributed by atoms with Crippen molar-refractivity contribution in [2.45, 2.75) is 26.2 Å². The lowest BCUT2D eigenvalue weighted by Crippen LogP contribution is -2.18. The van der Waals surface area contributed by atoms with E-state index in [1.54, 1.807) is 0 Å². The maximum absolute atomic E-state index is 4.99. The van der Waals surface area contributed by atoms with Gasteiger partial charge in [0.25, 0.3) is 0 Å². The first-order valence-corrected chi connectivity index (χ1v) is 11.6. The van der Waals surface area contributed by atoms with Crippen LogP contribution in [-0.2, 0) is 5.41 Å². The summed E-state index contributed by atoms with van der Waals surface area (Å²) >= 11 is 0. The van der Waals surface area contributed by atoms with E-state index in [1.807, 2.05) is 18.2 Å². The molecule has 5 aromatic rings. The van der Waals surface area contributed by atoms with Crippen molar-refractivity contribution >= 4 is 0 Å². The minimum absolute atomic E-state index is 0.217. The Kier molecular flexibility index (Phi) is 5.77. The number of benzene rings is 4. The van der Waals surface area contributed by atoms with Crippen molar-refractivity contribution in [3.8, 4) is 45.0 Å². The monoisotopic (exact) mass is 441 g/mol. The maximum Gasteiger partial charge on any atom is 0.164 e. The molecule has 0 saturated carbocycles. The summed E-state index contributed by atoms with van der Waals surface area (Å²) in [6.45, 7) is 6.41. The van der Waals surface area contributed by atoms with Crippen molar-refractivity contribution in [2.24, 2.45) is 0 Å². The number of hydrogen-bond acceptors (Lipinski definition) is 3. The van der Waals surface area contributed by atoms with Crippen molar-refractivity contribution in [3.05, 3.63) is 115 Å². The van der Waals surface area contributed by atoms with E-state index in [9.17, 15) is 0 Å². The van der Waals surface area contributed by atoms with Crippen LogP contribution in [0.2, 0.25) is 0 Å². The normalized spacial score (nSPS) is 11.4. The molecule has 0 aliphatic carbocycles. The van der Waals surface area contributed by atoms with Gasteiger partial charge >= 0.3 is 0 Å². The molecule has 0 bridgehead atoms. The molecule has 0 aliphatic heterocycles. The molecule has 34 heavy (non-hydrogen) atoms. The molecule has 0 fully saturated rings. The minimum Gasteiger partial charge on any atom is -0.212 e. The van der Waals surface area contributed by atoms with E-state index < -0.39 is 0 Å². The highest BCUT2D eigenvalue weighted by Crippen LogP contribution is 2.33. The second-order valence-corrected chi connectivity index (χ2v) is 9.41. The Balaban J connectivity index is 1.68. The van der Waals surface area contributed by atoms with Crippen LogP contribution >= 0.6 is 0 Å². The topological polar surface area (TPSA) is 38.7 Å². The third kappa shape index (κ3) is 4.51. The van der Waals surface area contributed by atoms with Crippen LogP contribution in [0.3, 0.4) is 0 Å².